The van der Waals surface area contributed by atoms with Crippen LogP contribution in [-0.4, -0.2) is 36.5 Å². The van der Waals surface area contributed by atoms with Gasteiger partial charge in [-0.25, -0.2) is 9.59 Å². The number of carbonyl (C=O) groups excluding carboxylic acids is 4. The second-order valence-corrected chi connectivity index (χ2v) is 3.13. The largest absolute Gasteiger partial charge is 0.463 e. The van der Waals surface area contributed by atoms with Crippen LogP contribution in [-0.2, 0) is 28.7 Å². The highest BCUT2D eigenvalue weighted by molar-refractivity contribution is 6.06. The zero-order valence-electron chi connectivity index (χ0n) is 9.10. The van der Waals surface area contributed by atoms with Crippen LogP contribution in [0.4, 0.5) is 0 Å². The molecule has 1 aliphatic heterocycles. The van der Waals surface area contributed by atoms with Gasteiger partial charge < -0.3 is 9.47 Å². The van der Waals surface area contributed by atoms with Crippen molar-refractivity contribution in [3.8, 4) is 0 Å². The Hall–Kier alpha value is -2.18. The fourth-order valence-electron chi connectivity index (χ4n) is 1.13. The predicted molar refractivity (Wildman–Crippen MR) is 53.4 cm³/mol. The average molecular weight is 241 g/mol. The third kappa shape index (κ3) is 4.06. The van der Waals surface area contributed by atoms with Crippen molar-refractivity contribution in [3.05, 3.63) is 12.2 Å². The molecular formula is C10H11NO6. The number of carbonyl (C=O) groups is 4. The van der Waals surface area contributed by atoms with Crippen LogP contribution in [0.25, 0.3) is 0 Å². The van der Waals surface area contributed by atoms with Crippen molar-refractivity contribution >= 4 is 23.8 Å². The first-order valence-electron chi connectivity index (χ1n) is 4.92. The monoisotopic (exact) mass is 241 g/mol. The summed E-state index contributed by atoms with van der Waals surface area (Å²) in [6, 6.07) is 0. The smallest absolute Gasteiger partial charge is 0.331 e. The molecule has 2 amide bonds. The van der Waals surface area contributed by atoms with Crippen molar-refractivity contribution in [1.29, 1.82) is 0 Å². The first kappa shape index (κ1) is 12.9. The fourth-order valence-corrected chi connectivity index (χ4v) is 1.13. The van der Waals surface area contributed by atoms with E-state index in [0.29, 0.717) is 0 Å². The maximum absolute atomic E-state index is 11.2. The molecular weight excluding hydrogens is 230 g/mol. The Kier molecular flexibility index (Phi) is 4.38. The van der Waals surface area contributed by atoms with E-state index in [1.54, 1.807) is 6.92 Å². The van der Waals surface area contributed by atoms with E-state index in [0.717, 1.165) is 12.2 Å². The Bertz CT molecular complexity index is 386. The van der Waals surface area contributed by atoms with Gasteiger partial charge in [0, 0.05) is 12.2 Å². The first-order valence-corrected chi connectivity index (χ1v) is 4.92. The van der Waals surface area contributed by atoms with E-state index in [2.05, 4.69) is 9.47 Å². The van der Waals surface area contributed by atoms with Crippen LogP contribution in [0.5, 0.6) is 0 Å². The van der Waals surface area contributed by atoms with E-state index < -0.39 is 29.9 Å². The molecule has 1 unspecified atom stereocenters. The van der Waals surface area contributed by atoms with Crippen molar-refractivity contribution in [2.75, 3.05) is 6.61 Å². The van der Waals surface area contributed by atoms with Crippen molar-refractivity contribution in [3.63, 3.8) is 0 Å². The maximum atomic E-state index is 11.2. The highest BCUT2D eigenvalue weighted by atomic mass is 16.5. The molecule has 1 saturated heterocycles. The standard InChI is InChI=1S/C10H11NO6/c1-2-16-8(13)3-4-9(14)17-6-5-7(12)11-10(6)15/h3-4,6H,2,5H2,1H3,(H,11,12,15)/b4-3+. The van der Waals surface area contributed by atoms with Crippen LogP contribution < -0.4 is 5.32 Å². The van der Waals surface area contributed by atoms with E-state index >= 15 is 0 Å². The average Bonchev–Trinajstić information content (AvgIpc) is 2.55. The van der Waals surface area contributed by atoms with Crippen LogP contribution >= 0.6 is 0 Å². The van der Waals surface area contributed by atoms with Crippen molar-refractivity contribution in [2.45, 2.75) is 19.4 Å². The second-order valence-electron chi connectivity index (χ2n) is 3.13. The van der Waals surface area contributed by atoms with E-state index in [9.17, 15) is 19.2 Å². The van der Waals surface area contributed by atoms with E-state index in [4.69, 9.17) is 0 Å². The minimum Gasteiger partial charge on any atom is -0.463 e. The van der Waals surface area contributed by atoms with Gasteiger partial charge in [0.05, 0.1) is 13.0 Å². The van der Waals surface area contributed by atoms with Crippen LogP contribution in [0.15, 0.2) is 12.2 Å². The summed E-state index contributed by atoms with van der Waals surface area (Å²) in [6.45, 7) is 1.82. The molecule has 1 N–H and O–H groups in total. The molecule has 1 heterocycles. The molecule has 1 atom stereocenters. The van der Waals surface area contributed by atoms with Crippen LogP contribution in [0.3, 0.4) is 0 Å². The fraction of sp³-hybridized carbons (Fsp3) is 0.400. The number of imide groups is 1. The zero-order valence-corrected chi connectivity index (χ0v) is 9.10. The molecule has 0 aromatic heterocycles. The molecule has 0 spiro atoms. The molecule has 0 aromatic carbocycles. The molecule has 1 fully saturated rings. The molecule has 0 aromatic rings. The Morgan fingerprint density at radius 2 is 2.00 bits per heavy atom. The summed E-state index contributed by atoms with van der Waals surface area (Å²) in [6.07, 6.45) is 0.411. The summed E-state index contributed by atoms with van der Waals surface area (Å²) in [5, 5.41) is 1.99. The molecule has 7 nitrogen and oxygen atoms in total. The molecule has 0 radical (unpaired) electrons. The molecule has 7 heteroatoms. The quantitative estimate of drug-likeness (QED) is 0.387. The second kappa shape index (κ2) is 5.78. The Labute approximate surface area is 96.8 Å². The van der Waals surface area contributed by atoms with Crippen molar-refractivity contribution in [1.82, 2.24) is 5.32 Å². The number of amides is 2. The van der Waals surface area contributed by atoms with Gasteiger partial charge in [-0.05, 0) is 6.92 Å². The minimum absolute atomic E-state index is 0.192. The summed E-state index contributed by atoms with van der Waals surface area (Å²) in [5.41, 5.74) is 0. The molecule has 0 aliphatic carbocycles. The lowest BCUT2D eigenvalue weighted by molar-refractivity contribution is -0.149. The lowest BCUT2D eigenvalue weighted by Gasteiger charge is -2.05. The van der Waals surface area contributed by atoms with Crippen molar-refractivity contribution < 1.29 is 28.7 Å². The van der Waals surface area contributed by atoms with E-state index in [-0.39, 0.29) is 13.0 Å². The van der Waals surface area contributed by atoms with Gasteiger partial charge in [-0.15, -0.1) is 0 Å². The Morgan fingerprint density at radius 1 is 1.35 bits per heavy atom. The predicted octanol–water partition coefficient (Wildman–Crippen LogP) is -0.936. The lowest BCUT2D eigenvalue weighted by atomic mass is 10.3. The highest BCUT2D eigenvalue weighted by Gasteiger charge is 2.33. The molecule has 92 valence electrons. The molecule has 17 heavy (non-hydrogen) atoms. The third-order valence-electron chi connectivity index (χ3n) is 1.83. The number of esters is 2. The van der Waals surface area contributed by atoms with E-state index in [1.165, 1.54) is 0 Å². The molecule has 0 saturated carbocycles. The molecule has 0 bridgehead atoms. The Morgan fingerprint density at radius 3 is 2.53 bits per heavy atom. The number of hydrogen-bond donors (Lipinski definition) is 1. The first-order chi connectivity index (χ1) is 8.02. The van der Waals surface area contributed by atoms with Gasteiger partial charge in [-0.2, -0.15) is 0 Å². The molecule has 1 aliphatic rings. The number of rotatable bonds is 4. The van der Waals surface area contributed by atoms with Gasteiger partial charge in [0.25, 0.3) is 5.91 Å². The van der Waals surface area contributed by atoms with Gasteiger partial charge in [0.1, 0.15) is 0 Å². The van der Waals surface area contributed by atoms with Gasteiger partial charge >= 0.3 is 11.9 Å². The number of ether oxygens (including phenoxy) is 2. The van der Waals surface area contributed by atoms with Crippen LogP contribution in [0.2, 0.25) is 0 Å². The minimum atomic E-state index is -1.12. The topological polar surface area (TPSA) is 98.8 Å². The van der Waals surface area contributed by atoms with Gasteiger partial charge in [0.15, 0.2) is 6.10 Å². The lowest BCUT2D eigenvalue weighted by Crippen LogP contribution is -2.27. The summed E-state index contributed by atoms with van der Waals surface area (Å²) in [5.74, 6) is -2.72. The van der Waals surface area contributed by atoms with Crippen LogP contribution in [0.1, 0.15) is 13.3 Å². The van der Waals surface area contributed by atoms with Gasteiger partial charge in [-0.1, -0.05) is 0 Å². The number of hydrogen-bond acceptors (Lipinski definition) is 6. The number of nitrogens with one attached hydrogen (secondary N) is 1. The van der Waals surface area contributed by atoms with Crippen molar-refractivity contribution in [2.24, 2.45) is 0 Å². The third-order valence-corrected chi connectivity index (χ3v) is 1.83. The summed E-state index contributed by atoms with van der Waals surface area (Å²) >= 11 is 0. The molecule has 1 rings (SSSR count). The van der Waals surface area contributed by atoms with Gasteiger partial charge in [0.2, 0.25) is 5.91 Å². The van der Waals surface area contributed by atoms with Crippen LogP contribution in [0, 0.1) is 0 Å². The summed E-state index contributed by atoms with van der Waals surface area (Å²) in [4.78, 5) is 43.8. The SMILES string of the molecule is CCOC(=O)/C=C/C(=O)OC1CC(=O)NC1=O. The normalized spacial score (nSPS) is 19.2. The Balaban J connectivity index is 2.42. The highest BCUT2D eigenvalue weighted by Crippen LogP contribution is 2.06. The van der Waals surface area contributed by atoms with Gasteiger partial charge in [-0.3, -0.25) is 14.9 Å². The van der Waals surface area contributed by atoms with E-state index in [1.807, 2.05) is 5.32 Å². The summed E-state index contributed by atoms with van der Waals surface area (Å²) in [7, 11) is 0. The maximum Gasteiger partial charge on any atom is 0.331 e. The summed E-state index contributed by atoms with van der Waals surface area (Å²) < 4.78 is 9.19. The zero-order chi connectivity index (χ0) is 12.8.